The van der Waals surface area contributed by atoms with E-state index in [0.29, 0.717) is 11.4 Å². The van der Waals surface area contributed by atoms with Gasteiger partial charge in [0.15, 0.2) is 0 Å². The number of benzene rings is 2. The Morgan fingerprint density at radius 1 is 1.00 bits per heavy atom. The molecule has 0 saturated heterocycles. The van der Waals surface area contributed by atoms with E-state index in [2.05, 4.69) is 10.5 Å². The number of rotatable bonds is 5. The molecule has 0 saturated carbocycles. The Hall–Kier alpha value is -3.88. The lowest BCUT2D eigenvalue weighted by atomic mass is 10.1. The Balaban J connectivity index is 1.76. The van der Waals surface area contributed by atoms with Crippen LogP contribution in [0.3, 0.4) is 0 Å². The monoisotopic (exact) mass is 401 g/mol. The fourth-order valence-electron chi connectivity index (χ4n) is 2.58. The van der Waals surface area contributed by atoms with Gasteiger partial charge in [0.2, 0.25) is 0 Å². The van der Waals surface area contributed by atoms with Gasteiger partial charge >= 0.3 is 12.1 Å². The number of hydrogen-bond donors (Lipinski definition) is 2. The lowest BCUT2D eigenvalue weighted by Crippen LogP contribution is -2.18. The van der Waals surface area contributed by atoms with E-state index in [9.17, 15) is 22.8 Å². The second kappa shape index (κ2) is 8.01. The van der Waals surface area contributed by atoms with Gasteiger partial charge in [-0.05, 0) is 48.5 Å². The minimum Gasteiger partial charge on any atom is -0.478 e. The number of carboxylic acid groups (broad SMARTS) is 1. The Morgan fingerprint density at radius 3 is 2.45 bits per heavy atom. The van der Waals surface area contributed by atoms with E-state index in [-0.39, 0.29) is 11.1 Å². The molecule has 29 heavy (non-hydrogen) atoms. The molecule has 1 aromatic heterocycles. The maximum atomic E-state index is 12.8. The van der Waals surface area contributed by atoms with Crippen molar-refractivity contribution in [1.29, 1.82) is 0 Å². The van der Waals surface area contributed by atoms with E-state index in [1.807, 2.05) is 0 Å². The highest BCUT2D eigenvalue weighted by molar-refractivity contribution is 5.95. The molecular weight excluding hydrogens is 387 g/mol. The molecule has 3 rings (SSSR count). The van der Waals surface area contributed by atoms with Crippen molar-refractivity contribution in [3.8, 4) is 5.69 Å². The summed E-state index contributed by atoms with van der Waals surface area (Å²) in [7, 11) is 0. The maximum absolute atomic E-state index is 12.8. The first kappa shape index (κ1) is 19.9. The van der Waals surface area contributed by atoms with Gasteiger partial charge in [-0.1, -0.05) is 12.1 Å². The first-order valence-electron chi connectivity index (χ1n) is 8.27. The van der Waals surface area contributed by atoms with E-state index < -0.39 is 23.6 Å². The Labute approximate surface area is 162 Å². The number of alkyl halides is 3. The zero-order chi connectivity index (χ0) is 21.0. The molecule has 1 amide bonds. The topological polar surface area (TPSA) is 83.7 Å². The summed E-state index contributed by atoms with van der Waals surface area (Å²) in [6.07, 6.45) is -1.57. The summed E-state index contributed by atoms with van der Waals surface area (Å²) in [4.78, 5) is 23.2. The van der Waals surface area contributed by atoms with Gasteiger partial charge in [0.05, 0.1) is 23.0 Å². The Kier molecular flexibility index (Phi) is 5.49. The van der Waals surface area contributed by atoms with Gasteiger partial charge in [0, 0.05) is 17.4 Å². The Morgan fingerprint density at radius 2 is 1.72 bits per heavy atom. The van der Waals surface area contributed by atoms with Crippen LogP contribution in [0, 0.1) is 0 Å². The van der Waals surface area contributed by atoms with E-state index in [0.717, 1.165) is 18.2 Å². The minimum absolute atomic E-state index is 0.108. The lowest BCUT2D eigenvalue weighted by Gasteiger charge is -2.08. The number of nitrogens with zero attached hydrogens (tertiary/aromatic N) is 2. The summed E-state index contributed by atoms with van der Waals surface area (Å²) in [5, 5.41) is 12.9. The van der Waals surface area contributed by atoms with Gasteiger partial charge < -0.3 is 9.67 Å². The molecule has 0 aliphatic heterocycles. The third-order valence-electron chi connectivity index (χ3n) is 3.97. The van der Waals surface area contributed by atoms with Crippen molar-refractivity contribution in [3.05, 3.63) is 89.2 Å². The SMILES string of the molecule is O=C(O)c1cccc(-n2cccc2C=NNC(=O)c2cccc(C(F)(F)F)c2)c1. The molecule has 148 valence electrons. The molecule has 0 unspecified atom stereocenters. The summed E-state index contributed by atoms with van der Waals surface area (Å²) in [5.41, 5.74) is 2.27. The van der Waals surface area contributed by atoms with Gasteiger partial charge in [-0.25, -0.2) is 10.2 Å². The molecule has 2 aromatic carbocycles. The van der Waals surface area contributed by atoms with E-state index in [4.69, 9.17) is 5.11 Å². The highest BCUT2D eigenvalue weighted by atomic mass is 19.4. The maximum Gasteiger partial charge on any atom is 0.416 e. The van der Waals surface area contributed by atoms with Crippen molar-refractivity contribution in [3.63, 3.8) is 0 Å². The normalized spacial score (nSPS) is 11.6. The zero-order valence-corrected chi connectivity index (χ0v) is 14.7. The minimum atomic E-state index is -4.55. The standard InChI is InChI=1S/C20H14F3N3O3/c21-20(22,23)15-6-1-4-13(10-15)18(27)25-24-12-17-8-3-9-26(17)16-7-2-5-14(11-16)19(28)29/h1-12H,(H,25,27)(H,28,29). The molecule has 0 aliphatic carbocycles. The molecule has 0 radical (unpaired) electrons. The number of nitrogens with one attached hydrogen (secondary N) is 1. The van der Waals surface area contributed by atoms with Gasteiger partial charge in [-0.3, -0.25) is 4.79 Å². The number of hydrazone groups is 1. The number of hydrogen-bond acceptors (Lipinski definition) is 3. The highest BCUT2D eigenvalue weighted by Crippen LogP contribution is 2.29. The number of aromatic nitrogens is 1. The van der Waals surface area contributed by atoms with Crippen molar-refractivity contribution >= 4 is 18.1 Å². The number of carboxylic acids is 1. The summed E-state index contributed by atoms with van der Waals surface area (Å²) in [6.45, 7) is 0. The van der Waals surface area contributed by atoms with Crippen LogP contribution in [0.15, 0.2) is 72.0 Å². The van der Waals surface area contributed by atoms with E-state index in [1.165, 1.54) is 24.4 Å². The van der Waals surface area contributed by atoms with Crippen LogP contribution < -0.4 is 5.43 Å². The highest BCUT2D eigenvalue weighted by Gasteiger charge is 2.30. The quantitative estimate of drug-likeness (QED) is 0.502. The summed E-state index contributed by atoms with van der Waals surface area (Å²) in [6, 6.07) is 13.6. The molecule has 1 heterocycles. The average molecular weight is 401 g/mol. The number of aromatic carboxylic acids is 1. The van der Waals surface area contributed by atoms with Crippen molar-refractivity contribution in [2.45, 2.75) is 6.18 Å². The Bertz CT molecular complexity index is 1090. The van der Waals surface area contributed by atoms with Crippen molar-refractivity contribution in [1.82, 2.24) is 9.99 Å². The van der Waals surface area contributed by atoms with Crippen LogP contribution >= 0.6 is 0 Å². The van der Waals surface area contributed by atoms with E-state index >= 15 is 0 Å². The zero-order valence-electron chi connectivity index (χ0n) is 14.7. The molecular formula is C20H14F3N3O3. The second-order valence-corrected chi connectivity index (χ2v) is 5.94. The largest absolute Gasteiger partial charge is 0.478 e. The first-order chi connectivity index (χ1) is 13.8. The fraction of sp³-hybridized carbons (Fsp3) is 0.0500. The molecule has 2 N–H and O–H groups in total. The average Bonchev–Trinajstić information content (AvgIpc) is 3.16. The lowest BCUT2D eigenvalue weighted by molar-refractivity contribution is -0.137. The molecule has 0 aliphatic rings. The van der Waals surface area contributed by atoms with Crippen molar-refractivity contribution in [2.24, 2.45) is 5.10 Å². The summed E-state index contributed by atoms with van der Waals surface area (Å²) < 4.78 is 39.9. The van der Waals surface area contributed by atoms with Crippen LogP contribution in [0.5, 0.6) is 0 Å². The van der Waals surface area contributed by atoms with Gasteiger partial charge in [0.1, 0.15) is 0 Å². The smallest absolute Gasteiger partial charge is 0.416 e. The van der Waals surface area contributed by atoms with Gasteiger partial charge in [-0.15, -0.1) is 0 Å². The third kappa shape index (κ3) is 4.70. The van der Waals surface area contributed by atoms with Crippen LogP contribution in [-0.4, -0.2) is 27.8 Å². The molecule has 0 fully saturated rings. The first-order valence-corrected chi connectivity index (χ1v) is 8.27. The second-order valence-electron chi connectivity index (χ2n) is 5.94. The van der Waals surface area contributed by atoms with Crippen molar-refractivity contribution < 1.29 is 27.9 Å². The number of carbonyl (C=O) groups excluding carboxylic acids is 1. The number of amides is 1. The van der Waals surface area contributed by atoms with E-state index in [1.54, 1.807) is 35.0 Å². The summed E-state index contributed by atoms with van der Waals surface area (Å²) >= 11 is 0. The third-order valence-corrected chi connectivity index (χ3v) is 3.97. The predicted octanol–water partition coefficient (Wildman–Crippen LogP) is 3.96. The molecule has 9 heteroatoms. The fourth-order valence-corrected chi connectivity index (χ4v) is 2.58. The molecule has 0 spiro atoms. The van der Waals surface area contributed by atoms with Crippen LogP contribution in [0.4, 0.5) is 13.2 Å². The molecule has 3 aromatic rings. The van der Waals surface area contributed by atoms with Crippen molar-refractivity contribution in [2.75, 3.05) is 0 Å². The van der Waals surface area contributed by atoms with Gasteiger partial charge in [-0.2, -0.15) is 18.3 Å². The van der Waals surface area contributed by atoms with Gasteiger partial charge in [0.25, 0.3) is 5.91 Å². The molecule has 0 bridgehead atoms. The van der Waals surface area contributed by atoms with Crippen LogP contribution in [0.25, 0.3) is 5.69 Å². The number of carbonyl (C=O) groups is 2. The number of halogens is 3. The van der Waals surface area contributed by atoms with Crippen LogP contribution in [0.1, 0.15) is 32.0 Å². The van der Waals surface area contributed by atoms with Crippen LogP contribution in [0.2, 0.25) is 0 Å². The molecule has 0 atom stereocenters. The summed E-state index contributed by atoms with van der Waals surface area (Å²) in [5.74, 6) is -1.86. The van der Waals surface area contributed by atoms with Crippen LogP contribution in [-0.2, 0) is 6.18 Å². The predicted molar refractivity (Wildman–Crippen MR) is 99.2 cm³/mol. The molecule has 6 nitrogen and oxygen atoms in total.